The van der Waals surface area contributed by atoms with Crippen LogP contribution in [-0.2, 0) is 11.0 Å². The SMILES string of the molecule is COc1ccccc1C1CC(C(=O)N2CCC(Oc3ccc(C(F)(F)F)cn3)CC2)NN1. The van der Waals surface area contributed by atoms with Crippen molar-refractivity contribution in [2.75, 3.05) is 20.2 Å². The third-order valence-corrected chi connectivity index (χ3v) is 5.82. The normalized spacial score (nSPS) is 22.1. The number of benzene rings is 1. The minimum atomic E-state index is -4.43. The number of ether oxygens (including phenoxy) is 2. The molecule has 2 atom stereocenters. The first kappa shape index (κ1) is 22.3. The Balaban J connectivity index is 1.27. The Morgan fingerprint density at radius 1 is 1.12 bits per heavy atom. The molecule has 3 heterocycles. The van der Waals surface area contributed by atoms with Crippen molar-refractivity contribution in [1.82, 2.24) is 20.7 Å². The van der Waals surface area contributed by atoms with Crippen LogP contribution in [0.3, 0.4) is 0 Å². The van der Waals surface area contributed by atoms with E-state index in [1.165, 1.54) is 6.07 Å². The topological polar surface area (TPSA) is 75.7 Å². The summed E-state index contributed by atoms with van der Waals surface area (Å²) in [5, 5.41) is 0. The van der Waals surface area contributed by atoms with Crippen LogP contribution in [0.15, 0.2) is 42.6 Å². The first-order valence-corrected chi connectivity index (χ1v) is 10.5. The number of nitrogens with one attached hydrogen (secondary N) is 2. The molecule has 2 aliphatic heterocycles. The number of halogens is 3. The molecule has 2 N–H and O–H groups in total. The van der Waals surface area contributed by atoms with E-state index in [1.54, 1.807) is 12.0 Å². The standard InChI is InChI=1S/C22H25F3N4O3/c1-31-19-5-3-2-4-16(19)17-12-18(28-27-17)21(30)29-10-8-15(9-11-29)32-20-7-6-14(13-26-20)22(23,24)25/h2-7,13,15,17-18,27-28H,8-12H2,1H3. The van der Waals surface area contributed by atoms with Crippen molar-refractivity contribution in [1.29, 1.82) is 0 Å². The van der Waals surface area contributed by atoms with Crippen molar-refractivity contribution in [3.63, 3.8) is 0 Å². The Kier molecular flexibility index (Phi) is 6.52. The second-order valence-electron chi connectivity index (χ2n) is 7.90. The molecule has 2 aromatic rings. The fraction of sp³-hybridized carbons (Fsp3) is 0.455. The maximum atomic E-state index is 13.0. The average molecular weight is 450 g/mol. The lowest BCUT2D eigenvalue weighted by Crippen LogP contribution is -2.49. The van der Waals surface area contributed by atoms with Gasteiger partial charge in [-0.05, 0) is 18.6 Å². The molecule has 4 rings (SSSR count). The fourth-order valence-electron chi connectivity index (χ4n) is 4.08. The summed E-state index contributed by atoms with van der Waals surface area (Å²) in [6.45, 7) is 1.03. The van der Waals surface area contributed by atoms with Gasteiger partial charge in [0.25, 0.3) is 0 Å². The zero-order valence-corrected chi connectivity index (χ0v) is 17.6. The van der Waals surface area contributed by atoms with Gasteiger partial charge in [0.1, 0.15) is 17.9 Å². The molecule has 0 spiro atoms. The summed E-state index contributed by atoms with van der Waals surface area (Å²) in [5.41, 5.74) is 6.46. The largest absolute Gasteiger partial charge is 0.496 e. The number of amides is 1. The fourth-order valence-corrected chi connectivity index (χ4v) is 4.08. The summed E-state index contributed by atoms with van der Waals surface area (Å²) in [6.07, 6.45) is -2.07. The summed E-state index contributed by atoms with van der Waals surface area (Å²) in [5.74, 6) is 0.944. The van der Waals surface area contributed by atoms with E-state index >= 15 is 0 Å². The van der Waals surface area contributed by atoms with Crippen LogP contribution in [0, 0.1) is 0 Å². The smallest absolute Gasteiger partial charge is 0.417 e. The number of nitrogens with zero attached hydrogens (tertiary/aromatic N) is 2. The van der Waals surface area contributed by atoms with Gasteiger partial charge in [-0.1, -0.05) is 18.2 Å². The summed E-state index contributed by atoms with van der Waals surface area (Å²) < 4.78 is 49.1. The van der Waals surface area contributed by atoms with Crippen LogP contribution in [0.2, 0.25) is 0 Å². The quantitative estimate of drug-likeness (QED) is 0.729. The average Bonchev–Trinajstić information content (AvgIpc) is 3.29. The van der Waals surface area contributed by atoms with Gasteiger partial charge in [-0.2, -0.15) is 13.2 Å². The second kappa shape index (κ2) is 9.33. The van der Waals surface area contributed by atoms with Crippen molar-refractivity contribution < 1.29 is 27.4 Å². The van der Waals surface area contributed by atoms with Crippen molar-refractivity contribution >= 4 is 5.91 Å². The van der Waals surface area contributed by atoms with Crippen LogP contribution in [0.25, 0.3) is 0 Å². The maximum absolute atomic E-state index is 13.0. The predicted octanol–water partition coefficient (Wildman–Crippen LogP) is 3.09. The first-order chi connectivity index (χ1) is 15.3. The van der Waals surface area contributed by atoms with E-state index in [0.717, 1.165) is 23.6 Å². The summed E-state index contributed by atoms with van der Waals surface area (Å²) >= 11 is 0. The lowest BCUT2D eigenvalue weighted by molar-refractivity contribution is -0.138. The predicted molar refractivity (Wildman–Crippen MR) is 110 cm³/mol. The molecule has 0 aliphatic carbocycles. The third-order valence-electron chi connectivity index (χ3n) is 5.82. The molecule has 1 amide bonds. The Morgan fingerprint density at radius 3 is 2.53 bits per heavy atom. The number of rotatable bonds is 5. The van der Waals surface area contributed by atoms with Gasteiger partial charge in [-0.25, -0.2) is 15.8 Å². The van der Waals surface area contributed by atoms with Crippen LogP contribution in [0.4, 0.5) is 13.2 Å². The molecule has 2 aliphatic rings. The van der Waals surface area contributed by atoms with Crippen LogP contribution in [-0.4, -0.2) is 48.1 Å². The van der Waals surface area contributed by atoms with Crippen LogP contribution in [0.1, 0.15) is 36.4 Å². The molecule has 2 saturated heterocycles. The van der Waals surface area contributed by atoms with Gasteiger partial charge in [0.2, 0.25) is 11.8 Å². The van der Waals surface area contributed by atoms with Crippen LogP contribution >= 0.6 is 0 Å². The highest BCUT2D eigenvalue weighted by Crippen LogP contribution is 2.31. The summed E-state index contributed by atoms with van der Waals surface area (Å²) in [4.78, 5) is 18.5. The number of carbonyl (C=O) groups is 1. The molecule has 0 radical (unpaired) electrons. The number of hydrogen-bond acceptors (Lipinski definition) is 6. The van der Waals surface area contributed by atoms with E-state index in [0.29, 0.717) is 32.4 Å². The monoisotopic (exact) mass is 450 g/mol. The van der Waals surface area contributed by atoms with Crippen molar-refractivity contribution in [3.8, 4) is 11.6 Å². The molecule has 172 valence electrons. The van der Waals surface area contributed by atoms with Crippen LogP contribution < -0.4 is 20.3 Å². The molecule has 1 aromatic heterocycles. The van der Waals surface area contributed by atoms with Crippen molar-refractivity contribution in [2.24, 2.45) is 0 Å². The molecule has 7 nitrogen and oxygen atoms in total. The molecule has 2 unspecified atom stereocenters. The number of hydrogen-bond donors (Lipinski definition) is 2. The van der Waals surface area contributed by atoms with E-state index in [4.69, 9.17) is 9.47 Å². The number of pyridine rings is 1. The lowest BCUT2D eigenvalue weighted by atomic mass is 9.99. The van der Waals surface area contributed by atoms with E-state index in [1.807, 2.05) is 24.3 Å². The zero-order chi connectivity index (χ0) is 22.7. The number of methoxy groups -OCH3 is 1. The summed E-state index contributed by atoms with van der Waals surface area (Å²) in [7, 11) is 1.62. The molecule has 1 aromatic carbocycles. The summed E-state index contributed by atoms with van der Waals surface area (Å²) in [6, 6.07) is 9.51. The molecule has 0 bridgehead atoms. The maximum Gasteiger partial charge on any atom is 0.417 e. The minimum absolute atomic E-state index is 0.0148. The Hall–Kier alpha value is -2.85. The highest BCUT2D eigenvalue weighted by atomic mass is 19.4. The number of likely N-dealkylation sites (tertiary alicyclic amines) is 1. The van der Waals surface area contributed by atoms with E-state index in [-0.39, 0.29) is 30.0 Å². The number of hydrazine groups is 1. The van der Waals surface area contributed by atoms with Gasteiger partial charge in [-0.3, -0.25) is 4.79 Å². The Labute approximate surface area is 183 Å². The van der Waals surface area contributed by atoms with Crippen LogP contribution in [0.5, 0.6) is 11.6 Å². The zero-order valence-electron chi connectivity index (χ0n) is 17.6. The van der Waals surface area contributed by atoms with Crippen molar-refractivity contribution in [2.45, 2.75) is 43.6 Å². The number of piperidine rings is 1. The minimum Gasteiger partial charge on any atom is -0.496 e. The third kappa shape index (κ3) is 4.97. The van der Waals surface area contributed by atoms with Gasteiger partial charge in [0.05, 0.1) is 18.7 Å². The Morgan fingerprint density at radius 2 is 1.88 bits per heavy atom. The van der Waals surface area contributed by atoms with Crippen molar-refractivity contribution in [3.05, 3.63) is 53.7 Å². The number of aromatic nitrogens is 1. The van der Waals surface area contributed by atoms with E-state index in [2.05, 4.69) is 15.8 Å². The highest BCUT2D eigenvalue weighted by Gasteiger charge is 2.36. The highest BCUT2D eigenvalue weighted by molar-refractivity contribution is 5.82. The molecular formula is C22H25F3N4O3. The van der Waals surface area contributed by atoms with Gasteiger partial charge in [-0.15, -0.1) is 0 Å². The van der Waals surface area contributed by atoms with Gasteiger partial charge in [0, 0.05) is 43.8 Å². The molecule has 0 saturated carbocycles. The Bertz CT molecular complexity index is 931. The lowest BCUT2D eigenvalue weighted by Gasteiger charge is -2.33. The number of para-hydroxylation sites is 1. The van der Waals surface area contributed by atoms with E-state index < -0.39 is 11.7 Å². The molecular weight excluding hydrogens is 425 g/mol. The van der Waals surface area contributed by atoms with Gasteiger partial charge >= 0.3 is 6.18 Å². The van der Waals surface area contributed by atoms with E-state index in [9.17, 15) is 18.0 Å². The second-order valence-corrected chi connectivity index (χ2v) is 7.90. The molecule has 10 heteroatoms. The van der Waals surface area contributed by atoms with Gasteiger partial charge < -0.3 is 14.4 Å². The number of alkyl halides is 3. The first-order valence-electron chi connectivity index (χ1n) is 10.5. The molecule has 2 fully saturated rings. The van der Waals surface area contributed by atoms with Gasteiger partial charge in [0.15, 0.2) is 0 Å². The number of carbonyl (C=O) groups excluding carboxylic acids is 1. The molecule has 32 heavy (non-hydrogen) atoms.